The molecular formula is C44H39N5. The summed E-state index contributed by atoms with van der Waals surface area (Å²) in [5.41, 5.74) is 10.9. The number of rotatable bonds is 4. The van der Waals surface area contributed by atoms with Crippen molar-refractivity contribution in [2.45, 2.75) is 50.9 Å². The Bertz CT molecular complexity index is 2140. The molecule has 5 heteroatoms. The summed E-state index contributed by atoms with van der Waals surface area (Å²) in [6.07, 6.45) is 4.77. The van der Waals surface area contributed by atoms with Crippen LogP contribution in [0.3, 0.4) is 0 Å². The first-order valence-corrected chi connectivity index (χ1v) is 17.7. The molecule has 1 spiro atoms. The lowest BCUT2D eigenvalue weighted by Crippen LogP contribution is -2.75. The normalized spacial score (nSPS) is 22.2. The predicted octanol–water partition coefficient (Wildman–Crippen LogP) is 10.6. The van der Waals surface area contributed by atoms with Crippen molar-refractivity contribution in [3.8, 4) is 0 Å². The minimum atomic E-state index is -0.370. The standard InChI is InChI=1S/C44H39N5/c1-3-43(4-2)34-23-12-14-25-36(34)49-39-28-17-29-45-40(39)47(33-21-9-6-10-22-33)42(49)44(43)30-31-18-11-13-24-35(31)48-38-27-16-15-26-37(38)46(41(44)48)32-19-7-5-8-20-32/h5-29,41-42H,3-4,30H2,1-2H3. The van der Waals surface area contributed by atoms with E-state index in [2.05, 4.69) is 179 Å². The van der Waals surface area contributed by atoms with Crippen molar-refractivity contribution < 1.29 is 0 Å². The Morgan fingerprint density at radius 2 is 1.02 bits per heavy atom. The van der Waals surface area contributed by atoms with E-state index in [4.69, 9.17) is 4.98 Å². The second-order valence-electron chi connectivity index (χ2n) is 13.9. The van der Waals surface area contributed by atoms with Crippen LogP contribution in [0.2, 0.25) is 0 Å². The van der Waals surface area contributed by atoms with Gasteiger partial charge in [0.1, 0.15) is 12.3 Å². The molecule has 0 N–H and O–H groups in total. The average molecular weight is 638 g/mol. The quantitative estimate of drug-likeness (QED) is 0.192. The Hall–Kier alpha value is -5.55. The number of benzene rings is 5. The van der Waals surface area contributed by atoms with Gasteiger partial charge in [0.25, 0.3) is 0 Å². The van der Waals surface area contributed by atoms with Gasteiger partial charge in [-0.2, -0.15) is 0 Å². The van der Waals surface area contributed by atoms with Crippen LogP contribution in [-0.2, 0) is 11.8 Å². The number of para-hydroxylation sites is 6. The summed E-state index contributed by atoms with van der Waals surface area (Å²) < 4.78 is 0. The fourth-order valence-electron chi connectivity index (χ4n) is 10.4. The SMILES string of the molecule is CCC1(CC)c2ccccc2N2c3cccnc3N(c3ccccc3)C2C12Cc1ccccc1N1c3ccccc3N(c3ccccc3)C12. The third kappa shape index (κ3) is 3.52. The lowest BCUT2D eigenvalue weighted by molar-refractivity contribution is 0.0317. The maximum absolute atomic E-state index is 5.20. The van der Waals surface area contributed by atoms with Gasteiger partial charge in [-0.1, -0.05) is 98.8 Å². The molecule has 5 aromatic carbocycles. The highest BCUT2D eigenvalue weighted by Gasteiger charge is 2.72. The van der Waals surface area contributed by atoms with Crippen LogP contribution in [0.25, 0.3) is 0 Å². The second kappa shape index (κ2) is 10.5. The molecule has 6 aromatic rings. The first kappa shape index (κ1) is 28.5. The molecule has 4 aliphatic rings. The zero-order valence-electron chi connectivity index (χ0n) is 27.9. The van der Waals surface area contributed by atoms with Gasteiger partial charge in [-0.25, -0.2) is 4.98 Å². The largest absolute Gasteiger partial charge is 0.317 e. The number of hydrogen-bond donors (Lipinski definition) is 0. The van der Waals surface area contributed by atoms with Crippen LogP contribution in [0.5, 0.6) is 0 Å². The maximum atomic E-state index is 5.20. The fourth-order valence-corrected chi connectivity index (χ4v) is 10.4. The Labute approximate surface area is 288 Å². The molecule has 0 fully saturated rings. The van der Waals surface area contributed by atoms with E-state index in [9.17, 15) is 0 Å². The summed E-state index contributed by atoms with van der Waals surface area (Å²) in [6.45, 7) is 4.87. The number of pyridine rings is 1. The van der Waals surface area contributed by atoms with Crippen LogP contribution in [0.15, 0.2) is 152 Å². The lowest BCUT2D eigenvalue weighted by Gasteiger charge is -2.67. The minimum Gasteiger partial charge on any atom is -0.317 e. The summed E-state index contributed by atoms with van der Waals surface area (Å²) in [6, 6.07) is 54.0. The molecule has 10 rings (SSSR count). The highest BCUT2D eigenvalue weighted by atomic mass is 15.5. The molecule has 0 radical (unpaired) electrons. The van der Waals surface area contributed by atoms with Gasteiger partial charge in [0.05, 0.1) is 22.5 Å². The summed E-state index contributed by atoms with van der Waals surface area (Å²) in [5.74, 6) is 1.02. The number of fused-ring (bicyclic) bond motifs is 12. The molecule has 0 bridgehead atoms. The highest BCUT2D eigenvalue weighted by molar-refractivity contribution is 5.94. The molecule has 49 heavy (non-hydrogen) atoms. The van der Waals surface area contributed by atoms with E-state index in [0.29, 0.717) is 0 Å². The van der Waals surface area contributed by atoms with Gasteiger partial charge in [-0.15, -0.1) is 0 Å². The van der Waals surface area contributed by atoms with Gasteiger partial charge in [-0.3, -0.25) is 0 Å². The third-order valence-corrected chi connectivity index (χ3v) is 12.1. The van der Waals surface area contributed by atoms with Crippen molar-refractivity contribution in [1.29, 1.82) is 0 Å². The zero-order chi connectivity index (χ0) is 32.7. The van der Waals surface area contributed by atoms with Gasteiger partial charge in [-0.05, 0) is 91.1 Å². The van der Waals surface area contributed by atoms with E-state index in [-0.39, 0.29) is 23.2 Å². The Balaban J connectivity index is 1.39. The van der Waals surface area contributed by atoms with E-state index in [1.807, 2.05) is 6.20 Å². The maximum Gasteiger partial charge on any atom is 0.158 e. The molecule has 3 unspecified atom stereocenters. The van der Waals surface area contributed by atoms with Gasteiger partial charge in [0.15, 0.2) is 5.82 Å². The summed E-state index contributed by atoms with van der Waals surface area (Å²) >= 11 is 0. The van der Waals surface area contributed by atoms with Crippen molar-refractivity contribution in [2.75, 3.05) is 19.6 Å². The molecule has 4 aliphatic heterocycles. The van der Waals surface area contributed by atoms with Crippen molar-refractivity contribution in [3.63, 3.8) is 0 Å². The highest BCUT2D eigenvalue weighted by Crippen LogP contribution is 2.71. The summed E-state index contributed by atoms with van der Waals surface area (Å²) in [7, 11) is 0. The van der Waals surface area contributed by atoms with Crippen LogP contribution >= 0.6 is 0 Å². The van der Waals surface area contributed by atoms with Crippen molar-refractivity contribution >= 4 is 45.6 Å². The van der Waals surface area contributed by atoms with Crippen molar-refractivity contribution in [3.05, 3.63) is 163 Å². The van der Waals surface area contributed by atoms with Crippen LogP contribution in [-0.4, -0.2) is 17.3 Å². The Kier molecular flexibility index (Phi) is 6.08. The third-order valence-electron chi connectivity index (χ3n) is 12.1. The first-order valence-electron chi connectivity index (χ1n) is 17.7. The van der Waals surface area contributed by atoms with E-state index in [1.165, 1.54) is 45.3 Å². The predicted molar refractivity (Wildman–Crippen MR) is 201 cm³/mol. The first-order chi connectivity index (χ1) is 24.2. The van der Waals surface area contributed by atoms with E-state index >= 15 is 0 Å². The van der Waals surface area contributed by atoms with Gasteiger partial charge in [0.2, 0.25) is 0 Å². The molecule has 3 atom stereocenters. The molecule has 0 saturated carbocycles. The van der Waals surface area contributed by atoms with E-state index in [0.717, 1.165) is 30.8 Å². The summed E-state index contributed by atoms with van der Waals surface area (Å²) in [4.78, 5) is 15.8. The molecule has 0 amide bonds. The summed E-state index contributed by atoms with van der Waals surface area (Å²) in [5, 5.41) is 0. The monoisotopic (exact) mass is 637 g/mol. The molecule has 0 saturated heterocycles. The van der Waals surface area contributed by atoms with Gasteiger partial charge < -0.3 is 19.6 Å². The van der Waals surface area contributed by atoms with E-state index < -0.39 is 0 Å². The van der Waals surface area contributed by atoms with Crippen molar-refractivity contribution in [2.24, 2.45) is 5.41 Å². The fraction of sp³-hybridized carbons (Fsp3) is 0.205. The second-order valence-corrected chi connectivity index (χ2v) is 13.9. The van der Waals surface area contributed by atoms with Crippen LogP contribution in [0.1, 0.15) is 37.8 Å². The van der Waals surface area contributed by atoms with Crippen molar-refractivity contribution in [1.82, 2.24) is 4.98 Å². The Morgan fingerprint density at radius 3 is 1.71 bits per heavy atom. The number of anilines is 8. The van der Waals surface area contributed by atoms with Crippen LogP contribution in [0, 0.1) is 5.41 Å². The topological polar surface area (TPSA) is 25.9 Å². The van der Waals surface area contributed by atoms with Gasteiger partial charge in [0, 0.05) is 34.4 Å². The molecule has 0 aliphatic carbocycles. The Morgan fingerprint density at radius 1 is 0.510 bits per heavy atom. The van der Waals surface area contributed by atoms with Crippen LogP contribution in [0.4, 0.5) is 45.6 Å². The molecule has 1 aromatic heterocycles. The van der Waals surface area contributed by atoms with Crippen LogP contribution < -0.4 is 19.6 Å². The molecular weight excluding hydrogens is 599 g/mol. The van der Waals surface area contributed by atoms with Gasteiger partial charge >= 0.3 is 0 Å². The zero-order valence-corrected chi connectivity index (χ0v) is 27.9. The molecule has 240 valence electrons. The van der Waals surface area contributed by atoms with E-state index in [1.54, 1.807) is 0 Å². The average Bonchev–Trinajstić information content (AvgIpc) is 3.71. The smallest absolute Gasteiger partial charge is 0.158 e. The molecule has 5 nitrogen and oxygen atoms in total. The number of nitrogens with zero attached hydrogens (tertiary/aromatic N) is 5. The lowest BCUT2D eigenvalue weighted by atomic mass is 9.48. The number of aromatic nitrogens is 1. The number of hydrogen-bond acceptors (Lipinski definition) is 5. The molecule has 5 heterocycles. The minimum absolute atomic E-state index is 0.0384.